The Kier molecular flexibility index (Phi) is 3.57. The van der Waals surface area contributed by atoms with E-state index in [1.54, 1.807) is 0 Å². The summed E-state index contributed by atoms with van der Waals surface area (Å²) in [5, 5.41) is 4.39. The molecule has 0 radical (unpaired) electrons. The highest BCUT2D eigenvalue weighted by atomic mass is 32.1. The van der Waals surface area contributed by atoms with E-state index in [4.69, 9.17) is 0 Å². The normalized spacial score (nSPS) is 12.0. The quantitative estimate of drug-likeness (QED) is 0.254. The highest BCUT2D eigenvalue weighted by Crippen LogP contribution is 2.31. The van der Waals surface area contributed by atoms with Crippen LogP contribution in [0.5, 0.6) is 0 Å². The maximum absolute atomic E-state index is 13.5. The fourth-order valence-electron chi connectivity index (χ4n) is 4.37. The van der Waals surface area contributed by atoms with Gasteiger partial charge in [-0.05, 0) is 45.8 Å². The molecule has 2 heterocycles. The highest BCUT2D eigenvalue weighted by Gasteiger charge is 2.15. The van der Waals surface area contributed by atoms with Crippen LogP contribution in [0.15, 0.2) is 82.4 Å². The van der Waals surface area contributed by atoms with E-state index in [2.05, 4.69) is 34.2 Å². The molecule has 4 nitrogen and oxygen atoms in total. The first-order valence-electron chi connectivity index (χ1n) is 10.2. The van der Waals surface area contributed by atoms with E-state index in [0.717, 1.165) is 42.0 Å². The zero-order valence-electron chi connectivity index (χ0n) is 16.6. The smallest absolute Gasteiger partial charge is 0.222 e. The highest BCUT2D eigenvalue weighted by molar-refractivity contribution is 7.25. The molecular weight excluding hydrogens is 436 g/mol. The largest absolute Gasteiger partial charge is 0.350 e. The molecule has 32 heavy (non-hydrogen) atoms. The molecule has 0 aliphatic rings. The fraction of sp³-hybridized carbons (Fsp3) is 0. The van der Waals surface area contributed by atoms with Gasteiger partial charge < -0.3 is 9.97 Å². The summed E-state index contributed by atoms with van der Waals surface area (Å²) in [5.74, 6) is 0. The van der Waals surface area contributed by atoms with Crippen molar-refractivity contribution in [1.29, 1.82) is 0 Å². The molecule has 0 atom stereocenters. The lowest BCUT2D eigenvalue weighted by Gasteiger charge is -2.07. The van der Waals surface area contributed by atoms with E-state index >= 15 is 0 Å². The minimum atomic E-state index is -0.141. The molecular formula is C26H14N2O2S2. The van der Waals surface area contributed by atoms with Crippen LogP contribution in [0.3, 0.4) is 0 Å². The predicted molar refractivity (Wildman–Crippen MR) is 137 cm³/mol. The molecule has 152 valence electrons. The van der Waals surface area contributed by atoms with Crippen LogP contribution in [0.25, 0.3) is 62.4 Å². The third kappa shape index (κ3) is 2.48. The van der Waals surface area contributed by atoms with Gasteiger partial charge in [0.2, 0.25) is 10.9 Å². The molecule has 5 aromatic carbocycles. The summed E-state index contributed by atoms with van der Waals surface area (Å²) in [6.07, 6.45) is 0. The average molecular weight is 451 g/mol. The second-order valence-corrected chi connectivity index (χ2v) is 10.0. The molecule has 2 N–H and O–H groups in total. The van der Waals surface area contributed by atoms with Crippen molar-refractivity contribution < 1.29 is 0 Å². The van der Waals surface area contributed by atoms with Gasteiger partial charge in [-0.25, -0.2) is 0 Å². The molecule has 7 rings (SSSR count). The molecule has 0 amide bonds. The second-order valence-electron chi connectivity index (χ2n) is 7.91. The van der Waals surface area contributed by atoms with Crippen molar-refractivity contribution in [3.05, 3.63) is 93.2 Å². The van der Waals surface area contributed by atoms with Gasteiger partial charge >= 0.3 is 0 Å². The average Bonchev–Trinajstić information content (AvgIpc) is 2.83. The van der Waals surface area contributed by atoms with Crippen LogP contribution >= 0.6 is 22.7 Å². The Hall–Kier alpha value is -3.74. The number of benzene rings is 5. The minimum Gasteiger partial charge on any atom is -0.350 e. The van der Waals surface area contributed by atoms with Crippen molar-refractivity contribution in [2.75, 3.05) is 0 Å². The number of aromatic nitrogens is 2. The van der Waals surface area contributed by atoms with E-state index in [1.165, 1.54) is 22.7 Å². The van der Waals surface area contributed by atoms with Gasteiger partial charge in [-0.2, -0.15) is 0 Å². The molecule has 0 saturated carbocycles. The summed E-state index contributed by atoms with van der Waals surface area (Å²) in [5.41, 5.74) is 2.19. The Morgan fingerprint density at radius 1 is 0.531 bits per heavy atom. The summed E-state index contributed by atoms with van der Waals surface area (Å²) in [6.45, 7) is 0. The van der Waals surface area contributed by atoms with E-state index in [-0.39, 0.29) is 10.9 Å². The van der Waals surface area contributed by atoms with Crippen LogP contribution < -0.4 is 10.9 Å². The predicted octanol–water partition coefficient (Wildman–Crippen LogP) is 6.67. The minimum absolute atomic E-state index is 0.141. The number of hydrogen-bond acceptors (Lipinski definition) is 4. The summed E-state index contributed by atoms with van der Waals surface area (Å²) in [7, 11) is 0. The zero-order chi connectivity index (χ0) is 21.4. The SMILES string of the molecule is O=c1c2[nH]c3cc4ccccc4cc3sc2c(=O)c2[nH]c3cc4ccccc4cc3sc12. The van der Waals surface area contributed by atoms with Crippen molar-refractivity contribution in [2.24, 2.45) is 0 Å². The number of fused-ring (bicyclic) bond motifs is 6. The van der Waals surface area contributed by atoms with Crippen molar-refractivity contribution in [3.63, 3.8) is 0 Å². The topological polar surface area (TPSA) is 65.7 Å². The number of hydrogen-bond donors (Lipinski definition) is 2. The summed E-state index contributed by atoms with van der Waals surface area (Å²) >= 11 is 2.74. The molecule has 0 aliphatic heterocycles. The standard InChI is InChI=1S/C26H14N2O2S2/c29-23-21-25(31-19-11-15-7-3-1-5-13(15)9-17(19)27-21)24(30)22-26(23)32-20-12-16-8-4-2-6-14(16)10-18(20)28-22/h1-12,27-28H. The molecule has 0 saturated heterocycles. The lowest BCUT2D eigenvalue weighted by Crippen LogP contribution is -2.14. The molecule has 0 unspecified atom stereocenters. The second kappa shape index (κ2) is 6.38. The van der Waals surface area contributed by atoms with Crippen molar-refractivity contribution >= 4 is 85.1 Å². The van der Waals surface area contributed by atoms with E-state index < -0.39 is 0 Å². The van der Waals surface area contributed by atoms with Crippen LogP contribution in [-0.4, -0.2) is 9.97 Å². The lowest BCUT2D eigenvalue weighted by molar-refractivity contribution is 1.47. The maximum Gasteiger partial charge on any atom is 0.222 e. The zero-order valence-corrected chi connectivity index (χ0v) is 18.2. The van der Waals surface area contributed by atoms with E-state index in [0.29, 0.717) is 20.4 Å². The molecule has 0 spiro atoms. The van der Waals surface area contributed by atoms with Crippen LogP contribution in [-0.2, 0) is 0 Å². The Morgan fingerprint density at radius 2 is 0.906 bits per heavy atom. The van der Waals surface area contributed by atoms with Gasteiger partial charge in [0.1, 0.15) is 20.4 Å². The Morgan fingerprint density at radius 3 is 1.31 bits per heavy atom. The molecule has 2 aromatic heterocycles. The van der Waals surface area contributed by atoms with Crippen molar-refractivity contribution in [2.45, 2.75) is 0 Å². The molecule has 0 aliphatic carbocycles. The van der Waals surface area contributed by atoms with Gasteiger partial charge in [0, 0.05) is 0 Å². The Bertz CT molecular complexity index is 1750. The Labute approximate surface area is 188 Å². The molecule has 0 fully saturated rings. The number of rotatable bonds is 0. The van der Waals surface area contributed by atoms with Crippen LogP contribution in [0.2, 0.25) is 0 Å². The third-order valence-electron chi connectivity index (χ3n) is 5.96. The van der Waals surface area contributed by atoms with Gasteiger partial charge in [-0.3, -0.25) is 9.59 Å². The van der Waals surface area contributed by atoms with Gasteiger partial charge in [0.05, 0.1) is 20.4 Å². The van der Waals surface area contributed by atoms with Gasteiger partial charge in [0.15, 0.2) is 0 Å². The van der Waals surface area contributed by atoms with Crippen LogP contribution in [0.1, 0.15) is 0 Å². The first kappa shape index (κ1) is 17.9. The first-order chi connectivity index (χ1) is 15.7. The third-order valence-corrected chi connectivity index (χ3v) is 8.26. The van der Waals surface area contributed by atoms with Crippen molar-refractivity contribution in [1.82, 2.24) is 9.97 Å². The molecule has 0 bridgehead atoms. The lowest BCUT2D eigenvalue weighted by atomic mass is 10.1. The van der Waals surface area contributed by atoms with Crippen LogP contribution in [0.4, 0.5) is 0 Å². The maximum atomic E-state index is 13.5. The first-order valence-corrected chi connectivity index (χ1v) is 11.8. The molecule has 7 aromatic rings. The molecule has 6 heteroatoms. The summed E-state index contributed by atoms with van der Waals surface area (Å²) in [6, 6.07) is 24.4. The van der Waals surface area contributed by atoms with Gasteiger partial charge in [-0.15, -0.1) is 22.7 Å². The van der Waals surface area contributed by atoms with Gasteiger partial charge in [0.25, 0.3) is 0 Å². The van der Waals surface area contributed by atoms with Crippen molar-refractivity contribution in [3.8, 4) is 0 Å². The summed E-state index contributed by atoms with van der Waals surface area (Å²) < 4.78 is 2.80. The summed E-state index contributed by atoms with van der Waals surface area (Å²) in [4.78, 5) is 33.5. The van der Waals surface area contributed by atoms with Crippen LogP contribution in [0, 0.1) is 0 Å². The monoisotopic (exact) mass is 450 g/mol. The van der Waals surface area contributed by atoms with E-state index in [9.17, 15) is 9.59 Å². The van der Waals surface area contributed by atoms with E-state index in [1.807, 2.05) is 48.5 Å². The fourth-order valence-corrected chi connectivity index (χ4v) is 6.51. The number of nitrogens with one attached hydrogen (secondary N) is 2. The number of H-pyrrole nitrogens is 2. The number of aromatic amines is 2. The Balaban J connectivity index is 1.64. The van der Waals surface area contributed by atoms with Gasteiger partial charge in [-0.1, -0.05) is 48.5 Å².